The Bertz CT molecular complexity index is 1250. The number of nitrogens with zero attached hydrogens (tertiary/aromatic N) is 3. The molecule has 1 amide bonds. The van der Waals surface area contributed by atoms with Crippen molar-refractivity contribution < 1.29 is 28.8 Å². The zero-order valence-corrected chi connectivity index (χ0v) is 20.1. The van der Waals surface area contributed by atoms with Crippen LogP contribution in [0.1, 0.15) is 37.7 Å². The van der Waals surface area contributed by atoms with Crippen molar-refractivity contribution in [2.24, 2.45) is 0 Å². The molecule has 36 heavy (non-hydrogen) atoms. The quantitative estimate of drug-likeness (QED) is 0.547. The van der Waals surface area contributed by atoms with Crippen molar-refractivity contribution in [3.8, 4) is 5.88 Å². The predicted octanol–water partition coefficient (Wildman–Crippen LogP) is 4.50. The Balaban J connectivity index is 1.12. The number of aliphatic hydroxyl groups excluding tert-OH is 1. The van der Waals surface area contributed by atoms with E-state index in [2.05, 4.69) is 16.0 Å². The summed E-state index contributed by atoms with van der Waals surface area (Å²) in [5, 5.41) is 10.6. The molecule has 9 nitrogen and oxygen atoms in total. The first-order chi connectivity index (χ1) is 17.6. The molecule has 2 aromatic rings. The molecule has 2 aromatic heterocycles. The topological polar surface area (TPSA) is 103 Å². The van der Waals surface area contributed by atoms with Crippen LogP contribution < -0.4 is 4.74 Å². The Hall–Kier alpha value is -3.85. The number of aryl methyl sites for hydroxylation is 1. The van der Waals surface area contributed by atoms with E-state index in [0.29, 0.717) is 49.8 Å². The minimum Gasteiger partial charge on any atom is -0.481 e. The first-order valence-corrected chi connectivity index (χ1v) is 12.2. The summed E-state index contributed by atoms with van der Waals surface area (Å²) >= 11 is 0. The number of ether oxygens (including phenoxy) is 4. The van der Waals surface area contributed by atoms with Crippen molar-refractivity contribution in [3.63, 3.8) is 0 Å². The van der Waals surface area contributed by atoms with E-state index < -0.39 is 12.2 Å². The highest BCUT2D eigenvalue weighted by Gasteiger charge is 2.36. The number of hydrogen-bond acceptors (Lipinski definition) is 8. The van der Waals surface area contributed by atoms with Crippen molar-refractivity contribution >= 4 is 17.1 Å². The maximum atomic E-state index is 12.5. The minimum absolute atomic E-state index is 0.309. The van der Waals surface area contributed by atoms with Gasteiger partial charge < -0.3 is 24.1 Å². The fraction of sp³-hybridized carbons (Fsp3) is 0.370. The number of carbonyl (C=O) groups is 1. The van der Waals surface area contributed by atoms with Gasteiger partial charge in [0, 0.05) is 12.3 Å². The molecular weight excluding hydrogens is 462 g/mol. The maximum absolute atomic E-state index is 12.5. The van der Waals surface area contributed by atoms with E-state index in [1.807, 2.05) is 24.3 Å². The Morgan fingerprint density at radius 3 is 3.00 bits per heavy atom. The van der Waals surface area contributed by atoms with E-state index in [4.69, 9.17) is 18.9 Å². The third-order valence-electron chi connectivity index (χ3n) is 6.45. The molecule has 0 unspecified atom stereocenters. The first kappa shape index (κ1) is 23.9. The summed E-state index contributed by atoms with van der Waals surface area (Å²) in [7, 11) is 1.58. The van der Waals surface area contributed by atoms with Gasteiger partial charge in [0.2, 0.25) is 11.8 Å². The number of hydrogen-bond donors (Lipinski definition) is 1. The standard InChI is InChI=1S/C27H29N3O6/c1-33-24-12-11-22-26(29-24)19(13-14-28-22)7-8-20(31)9-10-21-15-30(27(32)35-21)25-17-34-16-23(36-25)18-5-3-2-4-6-18/h2-3,5,11-14,16-17,20-21,31H,4,6-10,15H2,1H3/t20-,21-/m0/s1. The third kappa shape index (κ3) is 5.36. The lowest BCUT2D eigenvalue weighted by Gasteiger charge is -2.23. The Kier molecular flexibility index (Phi) is 7.18. The fourth-order valence-electron chi connectivity index (χ4n) is 4.46. The van der Waals surface area contributed by atoms with Gasteiger partial charge in [-0.25, -0.2) is 14.7 Å². The molecule has 0 aromatic carbocycles. The Morgan fingerprint density at radius 2 is 2.17 bits per heavy atom. The predicted molar refractivity (Wildman–Crippen MR) is 131 cm³/mol. The average Bonchev–Trinajstić information content (AvgIpc) is 3.31. The minimum atomic E-state index is -0.541. The van der Waals surface area contributed by atoms with E-state index in [9.17, 15) is 9.90 Å². The van der Waals surface area contributed by atoms with E-state index >= 15 is 0 Å². The number of aromatic nitrogens is 2. The van der Waals surface area contributed by atoms with E-state index in [0.717, 1.165) is 35.0 Å². The number of carbonyl (C=O) groups excluding carboxylic acids is 1. The van der Waals surface area contributed by atoms with Gasteiger partial charge >= 0.3 is 6.09 Å². The summed E-state index contributed by atoms with van der Waals surface area (Å²) in [5.41, 5.74) is 3.59. The molecule has 1 fully saturated rings. The molecule has 0 radical (unpaired) electrons. The maximum Gasteiger partial charge on any atom is 0.417 e. The SMILES string of the molecule is COc1ccc2nccc(CC[C@H](O)CC[C@H]3CN(C4=COC=C(C5=CC=CCC5)O4)C(=O)O3)c2n1. The molecule has 4 heterocycles. The number of cyclic esters (lactones) is 1. The van der Waals surface area contributed by atoms with Crippen LogP contribution in [-0.2, 0) is 20.6 Å². The van der Waals surface area contributed by atoms with Crippen LogP contribution in [0.2, 0.25) is 0 Å². The van der Waals surface area contributed by atoms with Crippen molar-refractivity contribution in [3.05, 3.63) is 77.9 Å². The van der Waals surface area contributed by atoms with Crippen molar-refractivity contribution in [1.82, 2.24) is 14.9 Å². The van der Waals surface area contributed by atoms with Gasteiger partial charge in [-0.15, -0.1) is 0 Å². The van der Waals surface area contributed by atoms with Crippen molar-refractivity contribution in [2.75, 3.05) is 13.7 Å². The van der Waals surface area contributed by atoms with Crippen LogP contribution in [0, 0.1) is 0 Å². The van der Waals surface area contributed by atoms with Gasteiger partial charge in [0.1, 0.15) is 12.4 Å². The van der Waals surface area contributed by atoms with Crippen LogP contribution in [0.4, 0.5) is 4.79 Å². The number of pyridine rings is 2. The normalized spacial score (nSPS) is 20.2. The zero-order valence-electron chi connectivity index (χ0n) is 20.1. The smallest absolute Gasteiger partial charge is 0.417 e. The van der Waals surface area contributed by atoms with Gasteiger partial charge in [-0.2, -0.15) is 0 Å². The van der Waals surface area contributed by atoms with Gasteiger partial charge in [-0.3, -0.25) is 4.98 Å². The molecule has 0 spiro atoms. The van der Waals surface area contributed by atoms with Crippen LogP contribution in [-0.4, -0.2) is 51.9 Å². The van der Waals surface area contributed by atoms with E-state index in [1.54, 1.807) is 25.6 Å². The summed E-state index contributed by atoms with van der Waals surface area (Å²) in [6, 6.07) is 5.57. The van der Waals surface area contributed by atoms with Gasteiger partial charge in [0.05, 0.1) is 30.8 Å². The molecule has 2 aliphatic heterocycles. The molecule has 1 N–H and O–H groups in total. The molecular formula is C27H29N3O6. The van der Waals surface area contributed by atoms with Gasteiger partial charge in [-0.05, 0) is 61.8 Å². The molecule has 0 bridgehead atoms. The molecule has 0 saturated carbocycles. The fourth-order valence-corrected chi connectivity index (χ4v) is 4.46. The zero-order chi connectivity index (χ0) is 24.9. The summed E-state index contributed by atoms with van der Waals surface area (Å²) in [4.78, 5) is 22.8. The Morgan fingerprint density at radius 1 is 1.25 bits per heavy atom. The second-order valence-corrected chi connectivity index (χ2v) is 8.91. The molecule has 188 valence electrons. The van der Waals surface area contributed by atoms with Gasteiger partial charge in [0.25, 0.3) is 0 Å². The van der Waals surface area contributed by atoms with E-state index in [1.165, 1.54) is 11.2 Å². The summed E-state index contributed by atoms with van der Waals surface area (Å²) in [6.07, 6.45) is 13.4. The second-order valence-electron chi connectivity index (χ2n) is 8.91. The molecule has 2 atom stereocenters. The van der Waals surface area contributed by atoms with Crippen LogP contribution in [0.25, 0.3) is 11.0 Å². The summed E-state index contributed by atoms with van der Waals surface area (Å²) < 4.78 is 22.1. The molecule has 9 heteroatoms. The number of allylic oxidation sites excluding steroid dienone is 4. The van der Waals surface area contributed by atoms with Crippen molar-refractivity contribution in [1.29, 1.82) is 0 Å². The van der Waals surface area contributed by atoms with Crippen molar-refractivity contribution in [2.45, 2.75) is 50.7 Å². The van der Waals surface area contributed by atoms with Crippen LogP contribution in [0.5, 0.6) is 5.88 Å². The number of amides is 1. The number of fused-ring (bicyclic) bond motifs is 1. The molecule has 5 rings (SSSR count). The number of aliphatic hydroxyl groups is 1. The lowest BCUT2D eigenvalue weighted by molar-refractivity contribution is 0.102. The van der Waals surface area contributed by atoms with E-state index in [-0.39, 0.29) is 6.10 Å². The molecule has 1 aliphatic carbocycles. The van der Waals surface area contributed by atoms with Gasteiger partial charge in [-0.1, -0.05) is 18.2 Å². The van der Waals surface area contributed by atoms with Gasteiger partial charge in [0.15, 0.2) is 12.0 Å². The monoisotopic (exact) mass is 491 g/mol. The summed E-state index contributed by atoms with van der Waals surface area (Å²) in [6.45, 7) is 0.339. The third-order valence-corrected chi connectivity index (χ3v) is 6.45. The average molecular weight is 492 g/mol. The lowest BCUT2D eigenvalue weighted by Crippen LogP contribution is -2.27. The van der Waals surface area contributed by atoms with Crippen LogP contribution in [0.15, 0.2) is 72.4 Å². The summed E-state index contributed by atoms with van der Waals surface area (Å²) in [5.74, 6) is 1.44. The lowest BCUT2D eigenvalue weighted by atomic mass is 10.0. The molecule has 3 aliphatic rings. The number of methoxy groups -OCH3 is 1. The largest absolute Gasteiger partial charge is 0.481 e. The highest BCUT2D eigenvalue weighted by atomic mass is 16.6. The van der Waals surface area contributed by atoms with Crippen LogP contribution in [0.3, 0.4) is 0 Å². The number of rotatable bonds is 9. The van der Waals surface area contributed by atoms with Crippen LogP contribution >= 0.6 is 0 Å². The highest BCUT2D eigenvalue weighted by molar-refractivity contribution is 5.78. The first-order valence-electron chi connectivity index (χ1n) is 12.2. The molecule has 1 saturated heterocycles. The highest BCUT2D eigenvalue weighted by Crippen LogP contribution is 2.30. The Labute approximate surface area is 209 Å². The second kappa shape index (κ2) is 10.8.